The lowest BCUT2D eigenvalue weighted by atomic mass is 10.2. The summed E-state index contributed by atoms with van der Waals surface area (Å²) in [7, 11) is 2.95. The molecule has 116 valence electrons. The normalized spacial score (nSPS) is 10.2. The Morgan fingerprint density at radius 2 is 1.91 bits per heavy atom. The lowest BCUT2D eigenvalue weighted by Gasteiger charge is -2.10. The summed E-state index contributed by atoms with van der Waals surface area (Å²) in [6.07, 6.45) is 0. The van der Waals surface area contributed by atoms with E-state index >= 15 is 0 Å². The SMILES string of the molecule is COc1ccc(C(=O)OCc2cc(Br)ccc2OC)c(F)c1. The van der Waals surface area contributed by atoms with Crippen molar-refractivity contribution in [2.75, 3.05) is 14.2 Å². The third-order valence-corrected chi connectivity index (χ3v) is 3.49. The maximum atomic E-state index is 13.8. The van der Waals surface area contributed by atoms with Gasteiger partial charge in [-0.15, -0.1) is 0 Å². The van der Waals surface area contributed by atoms with Crippen LogP contribution in [0.1, 0.15) is 15.9 Å². The van der Waals surface area contributed by atoms with E-state index in [1.54, 1.807) is 12.1 Å². The summed E-state index contributed by atoms with van der Waals surface area (Å²) >= 11 is 3.34. The number of hydrogen-bond acceptors (Lipinski definition) is 4. The molecule has 0 aromatic heterocycles. The molecule has 0 unspecified atom stereocenters. The summed E-state index contributed by atoms with van der Waals surface area (Å²) in [5.74, 6) is -0.512. The zero-order valence-electron chi connectivity index (χ0n) is 12.1. The fourth-order valence-corrected chi connectivity index (χ4v) is 2.28. The van der Waals surface area contributed by atoms with Crippen molar-refractivity contribution in [3.63, 3.8) is 0 Å². The van der Waals surface area contributed by atoms with Gasteiger partial charge in [0, 0.05) is 16.1 Å². The number of ether oxygens (including phenoxy) is 3. The zero-order chi connectivity index (χ0) is 16.1. The summed E-state index contributed by atoms with van der Waals surface area (Å²) in [6, 6.07) is 9.30. The van der Waals surface area contributed by atoms with Crippen LogP contribution in [0.2, 0.25) is 0 Å². The van der Waals surface area contributed by atoms with E-state index in [1.807, 2.05) is 6.07 Å². The van der Waals surface area contributed by atoms with Gasteiger partial charge in [0.2, 0.25) is 0 Å². The molecule has 0 saturated heterocycles. The molecular weight excluding hydrogens is 355 g/mol. The van der Waals surface area contributed by atoms with Gasteiger partial charge < -0.3 is 14.2 Å². The molecule has 0 N–H and O–H groups in total. The van der Waals surface area contributed by atoms with Crippen molar-refractivity contribution in [3.8, 4) is 11.5 Å². The largest absolute Gasteiger partial charge is 0.497 e. The summed E-state index contributed by atoms with van der Waals surface area (Å²) in [6.45, 7) is -0.0209. The van der Waals surface area contributed by atoms with E-state index in [-0.39, 0.29) is 12.2 Å². The first-order valence-electron chi connectivity index (χ1n) is 6.38. The van der Waals surface area contributed by atoms with Gasteiger partial charge in [-0.3, -0.25) is 0 Å². The average molecular weight is 369 g/mol. The highest BCUT2D eigenvalue weighted by Crippen LogP contribution is 2.24. The van der Waals surface area contributed by atoms with E-state index in [0.29, 0.717) is 17.1 Å². The number of halogens is 2. The molecule has 0 fully saturated rings. The van der Waals surface area contributed by atoms with Gasteiger partial charge >= 0.3 is 5.97 Å². The van der Waals surface area contributed by atoms with Gasteiger partial charge in [-0.1, -0.05) is 15.9 Å². The van der Waals surface area contributed by atoms with E-state index in [0.717, 1.165) is 10.5 Å². The quantitative estimate of drug-likeness (QED) is 0.749. The molecule has 22 heavy (non-hydrogen) atoms. The molecule has 0 spiro atoms. The van der Waals surface area contributed by atoms with Crippen molar-refractivity contribution in [2.24, 2.45) is 0 Å². The lowest BCUT2D eigenvalue weighted by molar-refractivity contribution is 0.0464. The number of esters is 1. The van der Waals surface area contributed by atoms with E-state index in [4.69, 9.17) is 14.2 Å². The monoisotopic (exact) mass is 368 g/mol. The Balaban J connectivity index is 2.12. The maximum absolute atomic E-state index is 13.8. The first kappa shape index (κ1) is 16.3. The Labute approximate surface area is 135 Å². The van der Waals surface area contributed by atoms with Crippen molar-refractivity contribution in [2.45, 2.75) is 6.61 Å². The van der Waals surface area contributed by atoms with Gasteiger partial charge in [0.1, 0.15) is 23.9 Å². The molecule has 0 amide bonds. The zero-order valence-corrected chi connectivity index (χ0v) is 13.6. The molecule has 0 aliphatic heterocycles. The predicted octanol–water partition coefficient (Wildman–Crippen LogP) is 3.96. The minimum Gasteiger partial charge on any atom is -0.497 e. The van der Waals surface area contributed by atoms with Crippen LogP contribution in [0.5, 0.6) is 11.5 Å². The van der Waals surface area contributed by atoms with Crippen molar-refractivity contribution < 1.29 is 23.4 Å². The molecule has 2 rings (SSSR count). The molecule has 0 bridgehead atoms. The molecule has 0 atom stereocenters. The standard InChI is InChI=1S/C16H14BrFO4/c1-20-12-4-5-13(14(18)8-12)16(19)22-9-10-7-11(17)3-6-15(10)21-2/h3-8H,9H2,1-2H3. The molecule has 6 heteroatoms. The number of hydrogen-bond donors (Lipinski definition) is 0. The van der Waals surface area contributed by atoms with Gasteiger partial charge in [-0.05, 0) is 30.3 Å². The van der Waals surface area contributed by atoms with Crippen molar-refractivity contribution in [1.82, 2.24) is 0 Å². The van der Waals surface area contributed by atoms with E-state index in [9.17, 15) is 9.18 Å². The number of carbonyl (C=O) groups excluding carboxylic acids is 1. The minimum absolute atomic E-state index is 0.0209. The molecule has 0 radical (unpaired) electrons. The van der Waals surface area contributed by atoms with Crippen LogP contribution < -0.4 is 9.47 Å². The second-order valence-electron chi connectivity index (χ2n) is 4.38. The van der Waals surface area contributed by atoms with Crippen LogP contribution >= 0.6 is 15.9 Å². The predicted molar refractivity (Wildman–Crippen MR) is 82.8 cm³/mol. The number of carbonyl (C=O) groups is 1. The Kier molecular flexibility index (Phi) is 5.38. The van der Waals surface area contributed by atoms with Gasteiger partial charge in [0.05, 0.1) is 19.8 Å². The highest BCUT2D eigenvalue weighted by molar-refractivity contribution is 9.10. The highest BCUT2D eigenvalue weighted by atomic mass is 79.9. The molecule has 0 aliphatic rings. The Bertz CT molecular complexity index is 688. The fraction of sp³-hybridized carbons (Fsp3) is 0.188. The second kappa shape index (κ2) is 7.26. The Morgan fingerprint density at radius 1 is 1.14 bits per heavy atom. The van der Waals surface area contributed by atoms with Gasteiger partial charge in [0.25, 0.3) is 0 Å². The maximum Gasteiger partial charge on any atom is 0.341 e. The molecular formula is C16H14BrFO4. The Hall–Kier alpha value is -2.08. The average Bonchev–Trinajstić information content (AvgIpc) is 2.52. The van der Waals surface area contributed by atoms with Crippen LogP contribution in [0.3, 0.4) is 0 Å². The smallest absolute Gasteiger partial charge is 0.341 e. The first-order valence-corrected chi connectivity index (χ1v) is 7.17. The van der Waals surface area contributed by atoms with Crippen molar-refractivity contribution >= 4 is 21.9 Å². The second-order valence-corrected chi connectivity index (χ2v) is 5.29. The van der Waals surface area contributed by atoms with E-state index in [1.165, 1.54) is 26.4 Å². The van der Waals surface area contributed by atoms with E-state index in [2.05, 4.69) is 15.9 Å². The molecule has 0 heterocycles. The third-order valence-electron chi connectivity index (χ3n) is 3.00. The van der Waals surface area contributed by atoms with Crippen LogP contribution in [0.25, 0.3) is 0 Å². The fourth-order valence-electron chi connectivity index (χ4n) is 1.87. The Morgan fingerprint density at radius 3 is 2.55 bits per heavy atom. The highest BCUT2D eigenvalue weighted by Gasteiger charge is 2.15. The molecule has 0 aliphatic carbocycles. The molecule has 2 aromatic carbocycles. The van der Waals surface area contributed by atoms with Gasteiger partial charge in [-0.2, -0.15) is 0 Å². The number of benzene rings is 2. The van der Waals surface area contributed by atoms with Gasteiger partial charge in [0.15, 0.2) is 0 Å². The van der Waals surface area contributed by atoms with Crippen LogP contribution in [0.15, 0.2) is 40.9 Å². The summed E-state index contributed by atoms with van der Waals surface area (Å²) in [4.78, 5) is 12.0. The summed E-state index contributed by atoms with van der Waals surface area (Å²) in [5.41, 5.74) is 0.536. The van der Waals surface area contributed by atoms with Crippen LogP contribution in [0, 0.1) is 5.82 Å². The van der Waals surface area contributed by atoms with Crippen molar-refractivity contribution in [3.05, 3.63) is 57.8 Å². The van der Waals surface area contributed by atoms with Crippen LogP contribution in [-0.4, -0.2) is 20.2 Å². The van der Waals surface area contributed by atoms with Crippen LogP contribution in [-0.2, 0) is 11.3 Å². The first-order chi connectivity index (χ1) is 10.5. The number of rotatable bonds is 5. The molecule has 0 saturated carbocycles. The number of methoxy groups -OCH3 is 2. The molecule has 4 nitrogen and oxygen atoms in total. The van der Waals surface area contributed by atoms with E-state index < -0.39 is 11.8 Å². The van der Waals surface area contributed by atoms with Crippen molar-refractivity contribution in [1.29, 1.82) is 0 Å². The summed E-state index contributed by atoms with van der Waals surface area (Å²) in [5, 5.41) is 0. The topological polar surface area (TPSA) is 44.8 Å². The minimum atomic E-state index is -0.748. The van der Waals surface area contributed by atoms with Crippen LogP contribution in [0.4, 0.5) is 4.39 Å². The third kappa shape index (κ3) is 3.76. The summed E-state index contributed by atoms with van der Waals surface area (Å²) < 4.78 is 29.9. The van der Waals surface area contributed by atoms with Gasteiger partial charge in [-0.25, -0.2) is 9.18 Å². The lowest BCUT2D eigenvalue weighted by Crippen LogP contribution is -2.08. The molecule has 2 aromatic rings.